The van der Waals surface area contributed by atoms with Crippen LogP contribution in [0.15, 0.2) is 42.5 Å². The number of halogens is 3. The van der Waals surface area contributed by atoms with Crippen molar-refractivity contribution >= 4 is 5.82 Å². The van der Waals surface area contributed by atoms with Crippen LogP contribution in [0.3, 0.4) is 0 Å². The van der Waals surface area contributed by atoms with Crippen LogP contribution in [-0.2, 0) is 6.18 Å². The van der Waals surface area contributed by atoms with Crippen LogP contribution in [0.5, 0.6) is 0 Å². The molecule has 0 spiro atoms. The minimum atomic E-state index is -4.45. The lowest BCUT2D eigenvalue weighted by atomic mass is 10.1. The SMILES string of the molecule is FC(F)(F)c1ccc(NC2CC2c2ccccc2)nn1. The van der Waals surface area contributed by atoms with E-state index in [1.165, 1.54) is 11.6 Å². The van der Waals surface area contributed by atoms with Crippen molar-refractivity contribution in [3.05, 3.63) is 53.7 Å². The summed E-state index contributed by atoms with van der Waals surface area (Å²) < 4.78 is 37.1. The Kier molecular flexibility index (Phi) is 3.08. The van der Waals surface area contributed by atoms with E-state index in [9.17, 15) is 13.2 Å². The normalized spacial score (nSPS) is 21.6. The Balaban J connectivity index is 1.63. The fraction of sp³-hybridized carbons (Fsp3) is 0.286. The van der Waals surface area contributed by atoms with Gasteiger partial charge in [0.15, 0.2) is 5.69 Å². The summed E-state index contributed by atoms with van der Waals surface area (Å²) in [5, 5.41) is 9.87. The van der Waals surface area contributed by atoms with Crippen molar-refractivity contribution in [3.63, 3.8) is 0 Å². The standard InChI is InChI=1S/C14H12F3N3/c15-14(16,17)12-6-7-13(20-19-12)18-11-8-10(11)9-4-2-1-3-5-9/h1-7,10-11H,8H2,(H,18,20). The number of nitrogens with one attached hydrogen (secondary N) is 1. The molecule has 3 rings (SSSR count). The molecular weight excluding hydrogens is 267 g/mol. The summed E-state index contributed by atoms with van der Waals surface area (Å²) >= 11 is 0. The highest BCUT2D eigenvalue weighted by Gasteiger charge is 2.39. The Morgan fingerprint density at radius 3 is 2.35 bits per heavy atom. The molecule has 0 saturated heterocycles. The second kappa shape index (κ2) is 4.77. The van der Waals surface area contributed by atoms with Gasteiger partial charge in [-0.25, -0.2) is 0 Å². The van der Waals surface area contributed by atoms with Crippen LogP contribution in [0, 0.1) is 0 Å². The molecule has 104 valence electrons. The van der Waals surface area contributed by atoms with E-state index in [2.05, 4.69) is 15.5 Å². The van der Waals surface area contributed by atoms with Crippen LogP contribution in [0.1, 0.15) is 23.6 Å². The molecule has 1 aliphatic rings. The number of alkyl halides is 3. The lowest BCUT2D eigenvalue weighted by Crippen LogP contribution is -2.11. The molecule has 6 heteroatoms. The molecule has 0 radical (unpaired) electrons. The van der Waals surface area contributed by atoms with E-state index in [-0.39, 0.29) is 6.04 Å². The van der Waals surface area contributed by atoms with Crippen molar-refractivity contribution in [3.8, 4) is 0 Å². The van der Waals surface area contributed by atoms with E-state index >= 15 is 0 Å². The molecule has 0 aliphatic heterocycles. The average Bonchev–Trinajstić information content (AvgIpc) is 3.19. The van der Waals surface area contributed by atoms with E-state index < -0.39 is 11.9 Å². The number of benzene rings is 1. The third-order valence-electron chi connectivity index (χ3n) is 3.31. The highest BCUT2D eigenvalue weighted by Crippen LogP contribution is 2.42. The Morgan fingerprint density at radius 1 is 1.00 bits per heavy atom. The smallest absolute Gasteiger partial charge is 0.365 e. The number of hydrogen-bond acceptors (Lipinski definition) is 3. The van der Waals surface area contributed by atoms with E-state index in [0.717, 1.165) is 12.5 Å². The first-order chi connectivity index (χ1) is 9.54. The molecule has 1 aromatic heterocycles. The van der Waals surface area contributed by atoms with Crippen LogP contribution in [0.4, 0.5) is 19.0 Å². The second-order valence-corrected chi connectivity index (χ2v) is 4.81. The predicted molar refractivity (Wildman–Crippen MR) is 68.2 cm³/mol. The summed E-state index contributed by atoms with van der Waals surface area (Å²) in [4.78, 5) is 0. The lowest BCUT2D eigenvalue weighted by Gasteiger charge is -2.07. The molecule has 20 heavy (non-hydrogen) atoms. The molecule has 1 saturated carbocycles. The summed E-state index contributed by atoms with van der Waals surface area (Å²) in [6.07, 6.45) is -3.50. The number of hydrogen-bond donors (Lipinski definition) is 1. The Labute approximate surface area is 113 Å². The van der Waals surface area contributed by atoms with Gasteiger partial charge in [0, 0.05) is 12.0 Å². The Bertz CT molecular complexity index is 581. The summed E-state index contributed by atoms with van der Waals surface area (Å²) in [5.41, 5.74) is 0.253. The topological polar surface area (TPSA) is 37.8 Å². The first-order valence-electron chi connectivity index (χ1n) is 6.26. The monoisotopic (exact) mass is 279 g/mol. The summed E-state index contributed by atoms with van der Waals surface area (Å²) in [5.74, 6) is 0.765. The van der Waals surface area contributed by atoms with Crippen molar-refractivity contribution in [1.29, 1.82) is 0 Å². The van der Waals surface area contributed by atoms with Gasteiger partial charge in [0.25, 0.3) is 0 Å². The molecule has 0 amide bonds. The highest BCUT2D eigenvalue weighted by molar-refractivity contribution is 5.41. The second-order valence-electron chi connectivity index (χ2n) is 4.81. The highest BCUT2D eigenvalue weighted by atomic mass is 19.4. The summed E-state index contributed by atoms with van der Waals surface area (Å²) in [6, 6.07) is 12.5. The number of anilines is 1. The Morgan fingerprint density at radius 2 is 1.75 bits per heavy atom. The largest absolute Gasteiger partial charge is 0.435 e. The first-order valence-corrected chi connectivity index (χ1v) is 6.26. The zero-order chi connectivity index (χ0) is 14.2. The minimum absolute atomic E-state index is 0.212. The molecule has 1 aromatic carbocycles. The van der Waals surface area contributed by atoms with Gasteiger partial charge in [0.2, 0.25) is 0 Å². The molecule has 1 N–H and O–H groups in total. The van der Waals surface area contributed by atoms with Gasteiger partial charge in [-0.15, -0.1) is 10.2 Å². The lowest BCUT2D eigenvalue weighted by molar-refractivity contribution is -0.141. The molecule has 1 heterocycles. The van der Waals surface area contributed by atoms with Crippen LogP contribution < -0.4 is 5.32 Å². The molecule has 0 bridgehead atoms. The maximum Gasteiger partial charge on any atom is 0.435 e. The van der Waals surface area contributed by atoms with Crippen molar-refractivity contribution < 1.29 is 13.2 Å². The van der Waals surface area contributed by atoms with Gasteiger partial charge in [0.1, 0.15) is 5.82 Å². The van der Waals surface area contributed by atoms with Crippen LogP contribution in [-0.4, -0.2) is 16.2 Å². The van der Waals surface area contributed by atoms with Crippen molar-refractivity contribution in [2.24, 2.45) is 0 Å². The summed E-state index contributed by atoms with van der Waals surface area (Å²) in [7, 11) is 0. The average molecular weight is 279 g/mol. The van der Waals surface area contributed by atoms with E-state index in [0.29, 0.717) is 11.7 Å². The quantitative estimate of drug-likeness (QED) is 0.935. The maximum atomic E-state index is 12.4. The molecule has 2 atom stereocenters. The third kappa shape index (κ3) is 2.74. The molecule has 3 nitrogen and oxygen atoms in total. The van der Waals surface area contributed by atoms with Crippen LogP contribution in [0.25, 0.3) is 0 Å². The predicted octanol–water partition coefficient (Wildman–Crippen LogP) is 3.46. The van der Waals surface area contributed by atoms with E-state index in [1.807, 2.05) is 30.3 Å². The van der Waals surface area contributed by atoms with E-state index in [4.69, 9.17) is 0 Å². The number of nitrogens with zero attached hydrogens (tertiary/aromatic N) is 2. The molecule has 1 fully saturated rings. The zero-order valence-electron chi connectivity index (χ0n) is 10.4. The molecular formula is C14H12F3N3. The van der Waals surface area contributed by atoms with Crippen LogP contribution in [0.2, 0.25) is 0 Å². The van der Waals surface area contributed by atoms with Gasteiger partial charge in [0.05, 0.1) is 0 Å². The van der Waals surface area contributed by atoms with Crippen molar-refractivity contribution in [1.82, 2.24) is 10.2 Å². The van der Waals surface area contributed by atoms with Crippen LogP contribution >= 0.6 is 0 Å². The van der Waals surface area contributed by atoms with Gasteiger partial charge >= 0.3 is 6.18 Å². The fourth-order valence-corrected chi connectivity index (χ4v) is 2.17. The van der Waals surface area contributed by atoms with Crippen molar-refractivity contribution in [2.45, 2.75) is 24.6 Å². The molecule has 2 aromatic rings. The van der Waals surface area contributed by atoms with Gasteiger partial charge in [-0.1, -0.05) is 30.3 Å². The maximum absolute atomic E-state index is 12.4. The first kappa shape index (κ1) is 12.9. The third-order valence-corrected chi connectivity index (χ3v) is 3.31. The molecule has 1 aliphatic carbocycles. The Hall–Kier alpha value is -2.11. The van der Waals surface area contributed by atoms with E-state index in [1.54, 1.807) is 0 Å². The number of rotatable bonds is 3. The van der Waals surface area contributed by atoms with Gasteiger partial charge in [-0.2, -0.15) is 13.2 Å². The molecule has 2 unspecified atom stereocenters. The van der Waals surface area contributed by atoms with Crippen molar-refractivity contribution in [2.75, 3.05) is 5.32 Å². The fourth-order valence-electron chi connectivity index (χ4n) is 2.17. The minimum Gasteiger partial charge on any atom is -0.365 e. The van der Waals surface area contributed by atoms with Gasteiger partial charge in [-0.05, 0) is 24.1 Å². The van der Waals surface area contributed by atoms with Gasteiger partial charge < -0.3 is 5.32 Å². The number of aromatic nitrogens is 2. The summed E-state index contributed by atoms with van der Waals surface area (Å²) in [6.45, 7) is 0. The van der Waals surface area contributed by atoms with Gasteiger partial charge in [-0.3, -0.25) is 0 Å². The zero-order valence-corrected chi connectivity index (χ0v) is 10.4.